The van der Waals surface area contributed by atoms with Gasteiger partial charge in [0.25, 0.3) is 0 Å². The van der Waals surface area contributed by atoms with E-state index in [1.165, 1.54) is 0 Å². The van der Waals surface area contributed by atoms with Crippen molar-refractivity contribution >= 4 is 36.1 Å². The summed E-state index contributed by atoms with van der Waals surface area (Å²) in [6.45, 7) is 4.89. The van der Waals surface area contributed by atoms with Crippen molar-refractivity contribution in [2.45, 2.75) is 19.9 Å². The molecule has 4 heteroatoms. The van der Waals surface area contributed by atoms with Gasteiger partial charge in [0.2, 0.25) is 0 Å². The van der Waals surface area contributed by atoms with E-state index >= 15 is 0 Å². The summed E-state index contributed by atoms with van der Waals surface area (Å²) < 4.78 is 5.35. The van der Waals surface area contributed by atoms with Crippen molar-refractivity contribution in [3.63, 3.8) is 0 Å². The monoisotopic (exact) mass is 260 g/mol. The Balaban J connectivity index is 3.37. The van der Waals surface area contributed by atoms with Gasteiger partial charge in [-0.05, 0) is 13.0 Å². The van der Waals surface area contributed by atoms with Crippen LogP contribution >= 0.6 is 30.6 Å². The third-order valence-corrected chi connectivity index (χ3v) is 7.04. The van der Waals surface area contributed by atoms with Crippen LogP contribution in [0.2, 0.25) is 6.04 Å². The van der Waals surface area contributed by atoms with Gasteiger partial charge >= 0.3 is 5.56 Å². The Bertz CT molecular complexity index is 67.1. The summed E-state index contributed by atoms with van der Waals surface area (Å²) in [5, 5.41) is 0. The molecule has 0 aliphatic heterocycles. The first-order chi connectivity index (χ1) is 3.62. The molecule has 50 valence electrons. The van der Waals surface area contributed by atoms with Crippen molar-refractivity contribution in [2.75, 3.05) is 6.61 Å². The van der Waals surface area contributed by atoms with E-state index in [4.69, 9.17) is 4.43 Å². The Morgan fingerprint density at radius 3 is 2.00 bits per heavy atom. The third kappa shape index (κ3) is 4.06. The normalized spacial score (nSPS) is 12.0. The van der Waals surface area contributed by atoms with Crippen LogP contribution < -0.4 is 0 Å². The molecule has 0 aliphatic rings. The molecule has 0 saturated carbocycles. The molecule has 0 aliphatic carbocycles. The van der Waals surface area contributed by atoms with Crippen LogP contribution in [0.25, 0.3) is 0 Å². The molecule has 0 bridgehead atoms. The Morgan fingerprint density at radius 2 is 1.88 bits per heavy atom. The van der Waals surface area contributed by atoms with Gasteiger partial charge in [-0.25, -0.2) is 0 Å². The molecule has 0 aromatic rings. The van der Waals surface area contributed by atoms with Crippen LogP contribution in [0.5, 0.6) is 0 Å². The Hall–Kier alpha value is 1.14. The lowest BCUT2D eigenvalue weighted by Gasteiger charge is -2.13. The minimum absolute atomic E-state index is 0.788. The quantitative estimate of drug-likeness (QED) is 0.561. The first kappa shape index (κ1) is 9.14. The van der Waals surface area contributed by atoms with E-state index in [9.17, 15) is 0 Å². The molecule has 0 fully saturated rings. The summed E-state index contributed by atoms with van der Waals surface area (Å²) in [5.74, 6) is 0. The minimum Gasteiger partial charge on any atom is -0.399 e. The molecular formula is C4H10Br2OSi. The first-order valence-electron chi connectivity index (χ1n) is 2.64. The van der Waals surface area contributed by atoms with Gasteiger partial charge < -0.3 is 4.43 Å². The third-order valence-electron chi connectivity index (χ3n) is 0.767. The van der Waals surface area contributed by atoms with E-state index in [2.05, 4.69) is 37.5 Å². The van der Waals surface area contributed by atoms with Gasteiger partial charge in [0, 0.05) is 6.61 Å². The van der Waals surface area contributed by atoms with Crippen LogP contribution in [-0.4, -0.2) is 12.2 Å². The maximum absolute atomic E-state index is 5.35. The summed E-state index contributed by atoms with van der Waals surface area (Å²) in [5.41, 5.74) is -1.55. The van der Waals surface area contributed by atoms with E-state index in [1.807, 2.05) is 6.92 Å². The number of rotatable bonds is 3. The van der Waals surface area contributed by atoms with Crippen molar-refractivity contribution in [1.82, 2.24) is 0 Å². The molecule has 0 N–H and O–H groups in total. The summed E-state index contributed by atoms with van der Waals surface area (Å²) in [4.78, 5) is 0. The van der Waals surface area contributed by atoms with Crippen LogP contribution in [0.4, 0.5) is 0 Å². The Kier molecular flexibility index (Phi) is 4.61. The average molecular weight is 262 g/mol. The molecule has 0 rings (SSSR count). The summed E-state index contributed by atoms with van der Waals surface area (Å²) in [6, 6.07) is 1.06. The van der Waals surface area contributed by atoms with E-state index < -0.39 is 5.56 Å². The number of hydrogen-bond donors (Lipinski definition) is 0. The van der Waals surface area contributed by atoms with Gasteiger partial charge in [0.15, 0.2) is 0 Å². The molecule has 0 aromatic heterocycles. The zero-order valence-electron chi connectivity index (χ0n) is 5.08. The largest absolute Gasteiger partial charge is 0.399 e. The van der Waals surface area contributed by atoms with Crippen LogP contribution in [0.15, 0.2) is 0 Å². The lowest BCUT2D eigenvalue weighted by molar-refractivity contribution is 0.353. The second-order valence-electron chi connectivity index (χ2n) is 1.42. The maximum Gasteiger partial charge on any atom is 0.335 e. The van der Waals surface area contributed by atoms with Crippen LogP contribution in [-0.2, 0) is 4.43 Å². The fourth-order valence-corrected chi connectivity index (χ4v) is 2.31. The zero-order chi connectivity index (χ0) is 6.62. The van der Waals surface area contributed by atoms with E-state index in [-0.39, 0.29) is 0 Å². The zero-order valence-corrected chi connectivity index (χ0v) is 9.25. The number of halogens is 2. The van der Waals surface area contributed by atoms with Gasteiger partial charge in [-0.2, -0.15) is 0 Å². The van der Waals surface area contributed by atoms with E-state index in [1.54, 1.807) is 0 Å². The minimum atomic E-state index is -1.55. The summed E-state index contributed by atoms with van der Waals surface area (Å²) in [6.07, 6.45) is 0. The smallest absolute Gasteiger partial charge is 0.335 e. The first-order valence-corrected chi connectivity index (χ1v) is 9.27. The van der Waals surface area contributed by atoms with Crippen molar-refractivity contribution in [1.29, 1.82) is 0 Å². The fraction of sp³-hybridized carbons (Fsp3) is 1.00. The standard InChI is InChI=1S/C4H10Br2OSi/c1-3-7-8(5,6)4-2/h3-4H2,1-2H3. The van der Waals surface area contributed by atoms with E-state index in [0.29, 0.717) is 0 Å². The highest BCUT2D eigenvalue weighted by molar-refractivity contribution is 9.50. The van der Waals surface area contributed by atoms with Crippen LogP contribution in [0, 0.1) is 0 Å². The average Bonchev–Trinajstić information content (AvgIpc) is 1.67. The van der Waals surface area contributed by atoms with Gasteiger partial charge in [-0.3, -0.25) is 0 Å². The topological polar surface area (TPSA) is 9.23 Å². The molecule has 0 heterocycles. The Labute approximate surface area is 67.1 Å². The van der Waals surface area contributed by atoms with Crippen molar-refractivity contribution in [3.8, 4) is 0 Å². The number of hydrogen-bond acceptors (Lipinski definition) is 1. The molecule has 0 amide bonds. The summed E-state index contributed by atoms with van der Waals surface area (Å²) in [7, 11) is 0. The molecule has 0 spiro atoms. The SMILES string of the molecule is CCO[Si](Br)(Br)CC. The second kappa shape index (κ2) is 4.03. The molecule has 0 saturated heterocycles. The molecular weight excluding hydrogens is 252 g/mol. The van der Waals surface area contributed by atoms with Gasteiger partial charge in [-0.1, -0.05) is 37.5 Å². The highest BCUT2D eigenvalue weighted by atomic mass is 79.9. The molecule has 8 heavy (non-hydrogen) atoms. The highest BCUT2D eigenvalue weighted by Gasteiger charge is 2.24. The Morgan fingerprint density at radius 1 is 1.38 bits per heavy atom. The summed E-state index contributed by atoms with van der Waals surface area (Å²) >= 11 is 6.95. The molecule has 0 radical (unpaired) electrons. The van der Waals surface area contributed by atoms with Gasteiger partial charge in [0.1, 0.15) is 0 Å². The lowest BCUT2D eigenvalue weighted by Crippen LogP contribution is -2.20. The van der Waals surface area contributed by atoms with Crippen molar-refractivity contribution in [2.24, 2.45) is 0 Å². The predicted octanol–water partition coefficient (Wildman–Crippen LogP) is 2.77. The fourth-order valence-electron chi connectivity index (χ4n) is 0.313. The maximum atomic E-state index is 5.35. The van der Waals surface area contributed by atoms with E-state index in [0.717, 1.165) is 12.7 Å². The van der Waals surface area contributed by atoms with Crippen LogP contribution in [0.3, 0.4) is 0 Å². The predicted molar refractivity (Wildman–Crippen MR) is 45.7 cm³/mol. The molecule has 0 atom stereocenters. The molecule has 0 aromatic carbocycles. The molecule has 1 nitrogen and oxygen atoms in total. The van der Waals surface area contributed by atoms with Gasteiger partial charge in [0.05, 0.1) is 0 Å². The lowest BCUT2D eigenvalue weighted by atomic mass is 10.9. The molecule has 0 unspecified atom stereocenters. The van der Waals surface area contributed by atoms with Crippen molar-refractivity contribution in [3.05, 3.63) is 0 Å². The van der Waals surface area contributed by atoms with Crippen molar-refractivity contribution < 1.29 is 4.43 Å². The van der Waals surface area contributed by atoms with Gasteiger partial charge in [-0.15, -0.1) is 0 Å². The second-order valence-corrected chi connectivity index (χ2v) is 14.6. The highest BCUT2D eigenvalue weighted by Crippen LogP contribution is 2.25. The van der Waals surface area contributed by atoms with Crippen LogP contribution in [0.1, 0.15) is 13.8 Å².